The van der Waals surface area contributed by atoms with Crippen molar-refractivity contribution in [3.05, 3.63) is 41.6 Å². The van der Waals surface area contributed by atoms with Crippen LogP contribution in [0, 0.1) is 0 Å². The van der Waals surface area contributed by atoms with Crippen molar-refractivity contribution >= 4 is 16.9 Å². The molecule has 110 valence electrons. The monoisotopic (exact) mass is 283 g/mol. The Morgan fingerprint density at radius 2 is 2.00 bits per heavy atom. The lowest BCUT2D eigenvalue weighted by Gasteiger charge is -2.22. The van der Waals surface area contributed by atoms with E-state index < -0.39 is 0 Å². The molecule has 0 unspecified atom stereocenters. The van der Waals surface area contributed by atoms with Gasteiger partial charge in [0.1, 0.15) is 0 Å². The van der Waals surface area contributed by atoms with Gasteiger partial charge in [-0.05, 0) is 30.5 Å². The molecule has 1 saturated carbocycles. The molecule has 0 amide bonds. The van der Waals surface area contributed by atoms with Crippen LogP contribution in [-0.2, 0) is 16.0 Å². The van der Waals surface area contributed by atoms with E-state index in [2.05, 4.69) is 6.07 Å². The van der Waals surface area contributed by atoms with Gasteiger partial charge in [0.25, 0.3) is 0 Å². The van der Waals surface area contributed by atoms with Crippen LogP contribution in [0.2, 0.25) is 0 Å². The summed E-state index contributed by atoms with van der Waals surface area (Å²) < 4.78 is 4.83. The maximum atomic E-state index is 11.7. The zero-order valence-corrected chi connectivity index (χ0v) is 12.5. The first-order valence-electron chi connectivity index (χ1n) is 7.73. The van der Waals surface area contributed by atoms with Gasteiger partial charge in [-0.1, -0.05) is 37.5 Å². The van der Waals surface area contributed by atoms with Crippen molar-refractivity contribution in [1.82, 2.24) is 4.98 Å². The van der Waals surface area contributed by atoms with Gasteiger partial charge in [-0.25, -0.2) is 0 Å². The third-order valence-electron chi connectivity index (χ3n) is 4.41. The molecule has 0 bridgehead atoms. The maximum absolute atomic E-state index is 11.7. The van der Waals surface area contributed by atoms with Crippen LogP contribution in [0.4, 0.5) is 0 Å². The SMILES string of the molecule is COC(=O)Cc1cc(C2CCCCC2)nc2ccccc12. The fourth-order valence-electron chi connectivity index (χ4n) is 3.25. The number of carbonyl (C=O) groups is 1. The topological polar surface area (TPSA) is 39.2 Å². The van der Waals surface area contributed by atoms with Crippen molar-refractivity contribution in [2.45, 2.75) is 44.4 Å². The molecule has 3 heteroatoms. The fourth-order valence-corrected chi connectivity index (χ4v) is 3.25. The average molecular weight is 283 g/mol. The minimum atomic E-state index is -0.194. The quantitative estimate of drug-likeness (QED) is 0.799. The molecule has 3 rings (SSSR count). The Bertz CT molecular complexity index is 645. The number of ether oxygens (including phenoxy) is 1. The summed E-state index contributed by atoms with van der Waals surface area (Å²) in [6, 6.07) is 10.2. The van der Waals surface area contributed by atoms with Crippen molar-refractivity contribution in [3.63, 3.8) is 0 Å². The lowest BCUT2D eigenvalue weighted by molar-refractivity contribution is -0.139. The Balaban J connectivity index is 2.03. The van der Waals surface area contributed by atoms with Crippen molar-refractivity contribution in [2.75, 3.05) is 7.11 Å². The van der Waals surface area contributed by atoms with Gasteiger partial charge in [0.2, 0.25) is 0 Å². The molecule has 0 radical (unpaired) electrons. The molecule has 0 saturated heterocycles. The van der Waals surface area contributed by atoms with Gasteiger partial charge < -0.3 is 4.74 Å². The first-order valence-corrected chi connectivity index (χ1v) is 7.73. The number of hydrogen-bond acceptors (Lipinski definition) is 3. The number of methoxy groups -OCH3 is 1. The largest absolute Gasteiger partial charge is 0.469 e. The summed E-state index contributed by atoms with van der Waals surface area (Å²) in [6.07, 6.45) is 6.64. The highest BCUT2D eigenvalue weighted by Crippen LogP contribution is 2.33. The average Bonchev–Trinajstić information content (AvgIpc) is 2.55. The Morgan fingerprint density at radius 3 is 2.76 bits per heavy atom. The molecule has 0 atom stereocenters. The normalized spacial score (nSPS) is 16.0. The summed E-state index contributed by atoms with van der Waals surface area (Å²) in [4.78, 5) is 16.5. The van der Waals surface area contributed by atoms with E-state index in [1.54, 1.807) is 0 Å². The molecule has 0 N–H and O–H groups in total. The van der Waals surface area contributed by atoms with Gasteiger partial charge in [0.05, 0.1) is 19.0 Å². The lowest BCUT2D eigenvalue weighted by Crippen LogP contribution is -2.10. The van der Waals surface area contributed by atoms with E-state index in [4.69, 9.17) is 9.72 Å². The first kappa shape index (κ1) is 14.1. The highest BCUT2D eigenvalue weighted by Gasteiger charge is 2.19. The van der Waals surface area contributed by atoms with Crippen LogP contribution in [0.3, 0.4) is 0 Å². The van der Waals surface area contributed by atoms with Crippen LogP contribution in [0.25, 0.3) is 10.9 Å². The lowest BCUT2D eigenvalue weighted by atomic mass is 9.85. The van der Waals surface area contributed by atoms with Crippen molar-refractivity contribution in [2.24, 2.45) is 0 Å². The molecule has 0 spiro atoms. The molecular formula is C18H21NO2. The summed E-state index contributed by atoms with van der Waals surface area (Å²) in [5.74, 6) is 0.348. The minimum Gasteiger partial charge on any atom is -0.469 e. The number of benzene rings is 1. The van der Waals surface area contributed by atoms with E-state index in [1.807, 2.05) is 24.3 Å². The summed E-state index contributed by atoms with van der Waals surface area (Å²) in [5, 5.41) is 1.06. The highest BCUT2D eigenvalue weighted by molar-refractivity contribution is 5.86. The van der Waals surface area contributed by atoms with Gasteiger partial charge in [-0.3, -0.25) is 9.78 Å². The predicted octanol–water partition coefficient (Wildman–Crippen LogP) is 4.00. The maximum Gasteiger partial charge on any atom is 0.310 e. The number of hydrogen-bond donors (Lipinski definition) is 0. The van der Waals surface area contributed by atoms with Crippen LogP contribution in [0.5, 0.6) is 0 Å². The number of carbonyl (C=O) groups excluding carboxylic acids is 1. The summed E-state index contributed by atoms with van der Waals surface area (Å²) in [5.41, 5.74) is 3.17. The molecule has 1 aromatic heterocycles. The molecular weight excluding hydrogens is 262 g/mol. The molecule has 0 aliphatic heterocycles. The molecule has 1 fully saturated rings. The second kappa shape index (κ2) is 6.25. The van der Waals surface area contributed by atoms with Gasteiger partial charge in [0.15, 0.2) is 0 Å². The molecule has 3 nitrogen and oxygen atoms in total. The minimum absolute atomic E-state index is 0.194. The second-order valence-electron chi connectivity index (χ2n) is 5.81. The zero-order valence-electron chi connectivity index (χ0n) is 12.5. The van der Waals surface area contributed by atoms with Gasteiger partial charge in [0, 0.05) is 17.0 Å². The third kappa shape index (κ3) is 3.07. The first-order chi connectivity index (χ1) is 10.3. The number of aromatic nitrogens is 1. The van der Waals surface area contributed by atoms with Crippen molar-refractivity contribution in [3.8, 4) is 0 Å². The molecule has 1 aromatic carbocycles. The molecule has 1 aliphatic carbocycles. The Labute approximate surface area is 125 Å². The van der Waals surface area contributed by atoms with Gasteiger partial charge in [-0.15, -0.1) is 0 Å². The summed E-state index contributed by atoms with van der Waals surface area (Å²) >= 11 is 0. The van der Waals surface area contributed by atoms with Crippen molar-refractivity contribution < 1.29 is 9.53 Å². The van der Waals surface area contributed by atoms with Crippen LogP contribution < -0.4 is 0 Å². The van der Waals surface area contributed by atoms with E-state index in [-0.39, 0.29) is 5.97 Å². The Morgan fingerprint density at radius 1 is 1.24 bits per heavy atom. The third-order valence-corrected chi connectivity index (χ3v) is 4.41. The molecule has 1 heterocycles. The van der Waals surface area contributed by atoms with E-state index in [0.29, 0.717) is 12.3 Å². The molecule has 2 aromatic rings. The van der Waals surface area contributed by atoms with E-state index in [0.717, 1.165) is 22.2 Å². The molecule has 21 heavy (non-hydrogen) atoms. The van der Waals surface area contributed by atoms with E-state index in [1.165, 1.54) is 39.2 Å². The van der Waals surface area contributed by atoms with Crippen molar-refractivity contribution in [1.29, 1.82) is 0 Å². The Kier molecular flexibility index (Phi) is 4.18. The van der Waals surface area contributed by atoms with Gasteiger partial charge >= 0.3 is 5.97 Å². The predicted molar refractivity (Wildman–Crippen MR) is 83.3 cm³/mol. The Hall–Kier alpha value is -1.90. The zero-order chi connectivity index (χ0) is 14.7. The van der Waals surface area contributed by atoms with E-state index >= 15 is 0 Å². The summed E-state index contributed by atoms with van der Waals surface area (Å²) in [7, 11) is 1.44. The second-order valence-corrected chi connectivity index (χ2v) is 5.81. The number of pyridine rings is 1. The molecule has 1 aliphatic rings. The highest BCUT2D eigenvalue weighted by atomic mass is 16.5. The number of para-hydroxylation sites is 1. The van der Waals surface area contributed by atoms with Crippen LogP contribution in [0.15, 0.2) is 30.3 Å². The fraction of sp³-hybridized carbons (Fsp3) is 0.444. The van der Waals surface area contributed by atoms with Gasteiger partial charge in [-0.2, -0.15) is 0 Å². The van der Waals surface area contributed by atoms with Crippen LogP contribution >= 0.6 is 0 Å². The number of nitrogens with zero attached hydrogens (tertiary/aromatic N) is 1. The number of rotatable bonds is 3. The van der Waals surface area contributed by atoms with Crippen LogP contribution in [-0.4, -0.2) is 18.1 Å². The number of fused-ring (bicyclic) bond motifs is 1. The van der Waals surface area contributed by atoms with E-state index in [9.17, 15) is 4.79 Å². The number of esters is 1. The standard InChI is InChI=1S/C18H21NO2/c1-21-18(20)12-14-11-17(13-7-3-2-4-8-13)19-16-10-6-5-9-15(14)16/h5-6,9-11,13H,2-4,7-8,12H2,1H3. The van der Waals surface area contributed by atoms with Crippen LogP contribution in [0.1, 0.15) is 49.3 Å². The smallest absolute Gasteiger partial charge is 0.310 e. The summed E-state index contributed by atoms with van der Waals surface area (Å²) in [6.45, 7) is 0.